The van der Waals surface area contributed by atoms with Gasteiger partial charge in [0.1, 0.15) is 6.23 Å². The van der Waals surface area contributed by atoms with Crippen LogP contribution in [0, 0.1) is 0 Å². The standard InChI is InChI=1S/C15H29N3O2/c1-2-8-18-14(5-1)13-15(16-18)20-11-4-7-17-6-3-10-19-12-9-17/h14-16H,1-13H2. The van der Waals surface area contributed by atoms with Crippen molar-refractivity contribution < 1.29 is 9.47 Å². The van der Waals surface area contributed by atoms with Gasteiger partial charge in [-0.15, -0.1) is 0 Å². The summed E-state index contributed by atoms with van der Waals surface area (Å²) < 4.78 is 11.5. The van der Waals surface area contributed by atoms with Gasteiger partial charge < -0.3 is 14.4 Å². The van der Waals surface area contributed by atoms with Gasteiger partial charge in [0.05, 0.1) is 6.61 Å². The summed E-state index contributed by atoms with van der Waals surface area (Å²) in [5, 5.41) is 2.40. The third kappa shape index (κ3) is 4.15. The lowest BCUT2D eigenvalue weighted by Gasteiger charge is -2.28. The van der Waals surface area contributed by atoms with Crippen molar-refractivity contribution in [2.45, 2.75) is 50.8 Å². The quantitative estimate of drug-likeness (QED) is 0.768. The number of rotatable bonds is 5. The molecule has 0 saturated carbocycles. The molecule has 0 aromatic rings. The van der Waals surface area contributed by atoms with Crippen LogP contribution < -0.4 is 5.43 Å². The van der Waals surface area contributed by atoms with E-state index in [9.17, 15) is 0 Å². The Hall–Kier alpha value is -0.200. The number of hydrazine groups is 1. The fraction of sp³-hybridized carbons (Fsp3) is 1.00. The van der Waals surface area contributed by atoms with E-state index in [4.69, 9.17) is 9.47 Å². The molecule has 3 fully saturated rings. The average molecular weight is 283 g/mol. The Morgan fingerprint density at radius 1 is 1.10 bits per heavy atom. The molecule has 20 heavy (non-hydrogen) atoms. The number of hydrogen-bond donors (Lipinski definition) is 1. The van der Waals surface area contributed by atoms with Crippen molar-refractivity contribution in [1.29, 1.82) is 0 Å². The molecule has 3 rings (SSSR count). The van der Waals surface area contributed by atoms with Gasteiger partial charge in [0, 0.05) is 51.9 Å². The van der Waals surface area contributed by atoms with E-state index in [1.54, 1.807) is 0 Å². The fourth-order valence-electron chi connectivity index (χ4n) is 3.54. The highest BCUT2D eigenvalue weighted by Crippen LogP contribution is 2.25. The molecular weight excluding hydrogens is 254 g/mol. The van der Waals surface area contributed by atoms with Crippen LogP contribution in [-0.4, -0.2) is 68.2 Å². The van der Waals surface area contributed by atoms with Gasteiger partial charge in [-0.1, -0.05) is 6.42 Å². The number of nitrogens with zero attached hydrogens (tertiary/aromatic N) is 2. The molecule has 2 atom stereocenters. The van der Waals surface area contributed by atoms with Crippen LogP contribution in [0.5, 0.6) is 0 Å². The zero-order valence-electron chi connectivity index (χ0n) is 12.6. The van der Waals surface area contributed by atoms with E-state index in [1.807, 2.05) is 0 Å². The molecule has 116 valence electrons. The minimum atomic E-state index is 0.255. The Morgan fingerprint density at radius 2 is 2.10 bits per heavy atom. The molecule has 0 spiro atoms. The molecule has 3 saturated heterocycles. The molecule has 0 bridgehead atoms. The maximum Gasteiger partial charge on any atom is 0.122 e. The zero-order chi connectivity index (χ0) is 13.6. The molecule has 5 nitrogen and oxygen atoms in total. The van der Waals surface area contributed by atoms with Crippen molar-refractivity contribution in [1.82, 2.24) is 15.3 Å². The van der Waals surface area contributed by atoms with Gasteiger partial charge >= 0.3 is 0 Å². The number of hydrogen-bond acceptors (Lipinski definition) is 5. The van der Waals surface area contributed by atoms with Crippen LogP contribution in [0.3, 0.4) is 0 Å². The zero-order valence-corrected chi connectivity index (χ0v) is 12.6. The number of fused-ring (bicyclic) bond motifs is 1. The first kappa shape index (κ1) is 14.7. The highest BCUT2D eigenvalue weighted by molar-refractivity contribution is 4.83. The smallest absolute Gasteiger partial charge is 0.122 e. The van der Waals surface area contributed by atoms with Gasteiger partial charge in [-0.3, -0.25) is 0 Å². The lowest BCUT2D eigenvalue weighted by atomic mass is 10.0. The predicted molar refractivity (Wildman–Crippen MR) is 78.3 cm³/mol. The third-order valence-corrected chi connectivity index (χ3v) is 4.68. The van der Waals surface area contributed by atoms with Gasteiger partial charge in [-0.25, -0.2) is 10.4 Å². The van der Waals surface area contributed by atoms with E-state index in [0.29, 0.717) is 0 Å². The maximum absolute atomic E-state index is 6.01. The molecule has 0 radical (unpaired) electrons. The molecule has 5 heteroatoms. The second-order valence-corrected chi connectivity index (χ2v) is 6.23. The first-order valence-corrected chi connectivity index (χ1v) is 8.36. The molecule has 0 aliphatic carbocycles. The second kappa shape index (κ2) is 7.71. The van der Waals surface area contributed by atoms with Crippen molar-refractivity contribution >= 4 is 0 Å². The van der Waals surface area contributed by atoms with E-state index in [1.165, 1.54) is 38.8 Å². The Labute approximate surface area is 122 Å². The van der Waals surface area contributed by atoms with E-state index in [0.717, 1.165) is 51.8 Å². The minimum Gasteiger partial charge on any atom is -0.380 e. The topological polar surface area (TPSA) is 37.0 Å². The maximum atomic E-state index is 6.01. The summed E-state index contributed by atoms with van der Waals surface area (Å²) in [5.41, 5.74) is 3.52. The second-order valence-electron chi connectivity index (χ2n) is 6.23. The van der Waals surface area contributed by atoms with Crippen LogP contribution >= 0.6 is 0 Å². The van der Waals surface area contributed by atoms with Gasteiger partial charge in [-0.05, 0) is 25.7 Å². The average Bonchev–Trinajstić information content (AvgIpc) is 2.70. The molecular formula is C15H29N3O2. The van der Waals surface area contributed by atoms with E-state index >= 15 is 0 Å². The van der Waals surface area contributed by atoms with Gasteiger partial charge in [-0.2, -0.15) is 0 Å². The highest BCUT2D eigenvalue weighted by atomic mass is 16.5. The van der Waals surface area contributed by atoms with Crippen molar-refractivity contribution in [3.8, 4) is 0 Å². The van der Waals surface area contributed by atoms with E-state index in [2.05, 4.69) is 15.3 Å². The largest absolute Gasteiger partial charge is 0.380 e. The number of ether oxygens (including phenoxy) is 2. The molecule has 0 aromatic heterocycles. The summed E-state index contributed by atoms with van der Waals surface area (Å²) in [5.74, 6) is 0. The number of nitrogens with one attached hydrogen (secondary N) is 1. The van der Waals surface area contributed by atoms with Crippen LogP contribution in [-0.2, 0) is 9.47 Å². The molecule has 3 aliphatic rings. The first-order chi connectivity index (χ1) is 9.92. The monoisotopic (exact) mass is 283 g/mol. The highest BCUT2D eigenvalue weighted by Gasteiger charge is 2.33. The molecule has 3 heterocycles. The van der Waals surface area contributed by atoms with Crippen LogP contribution in [0.25, 0.3) is 0 Å². The summed E-state index contributed by atoms with van der Waals surface area (Å²) in [6.45, 7) is 7.28. The van der Waals surface area contributed by atoms with E-state index in [-0.39, 0.29) is 6.23 Å². The van der Waals surface area contributed by atoms with Crippen LogP contribution in [0.1, 0.15) is 38.5 Å². The lowest BCUT2D eigenvalue weighted by Crippen LogP contribution is -2.42. The normalized spacial score (nSPS) is 33.0. The third-order valence-electron chi connectivity index (χ3n) is 4.68. The molecule has 2 unspecified atom stereocenters. The van der Waals surface area contributed by atoms with Crippen LogP contribution in [0.15, 0.2) is 0 Å². The summed E-state index contributed by atoms with van der Waals surface area (Å²) in [7, 11) is 0. The van der Waals surface area contributed by atoms with Crippen molar-refractivity contribution in [3.05, 3.63) is 0 Å². The predicted octanol–water partition coefficient (Wildman–Crippen LogP) is 1.20. The van der Waals surface area contributed by atoms with Crippen molar-refractivity contribution in [2.24, 2.45) is 0 Å². The molecule has 0 aromatic carbocycles. The van der Waals surface area contributed by atoms with Gasteiger partial charge in [0.2, 0.25) is 0 Å². The molecule has 3 aliphatic heterocycles. The Balaban J connectivity index is 1.28. The van der Waals surface area contributed by atoms with E-state index < -0.39 is 0 Å². The van der Waals surface area contributed by atoms with Crippen molar-refractivity contribution in [2.75, 3.05) is 46.0 Å². The first-order valence-electron chi connectivity index (χ1n) is 8.36. The number of piperidine rings is 1. The summed E-state index contributed by atoms with van der Waals surface area (Å²) in [6, 6.07) is 0.719. The Morgan fingerprint density at radius 3 is 3.05 bits per heavy atom. The summed E-state index contributed by atoms with van der Waals surface area (Å²) in [6.07, 6.45) is 7.76. The van der Waals surface area contributed by atoms with Crippen molar-refractivity contribution in [3.63, 3.8) is 0 Å². The SMILES string of the molecule is C1CCN2NC(OCCCN3CCCOCC3)CC2C1. The fourth-order valence-corrected chi connectivity index (χ4v) is 3.54. The van der Waals surface area contributed by atoms with Crippen LogP contribution in [0.2, 0.25) is 0 Å². The van der Waals surface area contributed by atoms with Gasteiger partial charge in [0.25, 0.3) is 0 Å². The molecule has 0 amide bonds. The lowest BCUT2D eigenvalue weighted by molar-refractivity contribution is 0.0108. The molecule has 1 N–H and O–H groups in total. The summed E-state index contributed by atoms with van der Waals surface area (Å²) >= 11 is 0. The Kier molecular flexibility index (Phi) is 5.67. The Bertz CT molecular complexity index is 268. The summed E-state index contributed by atoms with van der Waals surface area (Å²) in [4.78, 5) is 2.50. The minimum absolute atomic E-state index is 0.255. The van der Waals surface area contributed by atoms with Crippen LogP contribution in [0.4, 0.5) is 0 Å². The van der Waals surface area contributed by atoms with Gasteiger partial charge in [0.15, 0.2) is 0 Å².